The molecule has 1 N–H and O–H groups in total. The Morgan fingerprint density at radius 2 is 1.90 bits per heavy atom. The molecule has 0 aliphatic carbocycles. The van der Waals surface area contributed by atoms with Gasteiger partial charge in [-0.2, -0.15) is 0 Å². The van der Waals surface area contributed by atoms with E-state index in [0.717, 1.165) is 16.7 Å². The first-order valence-electron chi connectivity index (χ1n) is 7.30. The Kier molecular flexibility index (Phi) is 8.35. The number of carbonyl (C=O) groups is 1. The molecule has 1 aromatic rings. The summed E-state index contributed by atoms with van der Waals surface area (Å²) in [6, 6.07) is 5.61. The predicted molar refractivity (Wildman–Crippen MR) is 87.3 cm³/mol. The average Bonchev–Trinajstić information content (AvgIpc) is 2.45. The fourth-order valence-corrected chi connectivity index (χ4v) is 2.58. The lowest BCUT2D eigenvalue weighted by Gasteiger charge is -2.09. The van der Waals surface area contributed by atoms with E-state index in [0.29, 0.717) is 5.56 Å². The molecule has 0 saturated carbocycles. The first-order valence-corrected chi connectivity index (χ1v) is 8.10. The van der Waals surface area contributed by atoms with Crippen molar-refractivity contribution in [2.24, 2.45) is 0 Å². The van der Waals surface area contributed by atoms with Gasteiger partial charge in [-0.1, -0.05) is 39.0 Å². The molecule has 0 fully saturated rings. The molecule has 0 aromatic heterocycles. The Labute approximate surface area is 130 Å². The molecule has 0 heterocycles. The topological polar surface area (TPSA) is 38.3 Å². The third-order valence-corrected chi connectivity index (χ3v) is 3.89. The van der Waals surface area contributed by atoms with E-state index in [1.54, 1.807) is 6.07 Å². The van der Waals surface area contributed by atoms with Crippen LogP contribution in [0.2, 0.25) is 0 Å². The highest BCUT2D eigenvalue weighted by atomic mass is 79.9. The van der Waals surface area contributed by atoms with E-state index in [4.69, 9.17) is 4.74 Å². The van der Waals surface area contributed by atoms with Gasteiger partial charge in [0.05, 0.1) is 12.7 Å². The van der Waals surface area contributed by atoms with Crippen molar-refractivity contribution in [3.8, 4) is 0 Å². The van der Waals surface area contributed by atoms with Crippen molar-refractivity contribution in [3.63, 3.8) is 0 Å². The molecule has 0 aliphatic heterocycles. The molecule has 0 unspecified atom stereocenters. The molecular weight excluding hydrogens is 318 g/mol. The number of hydrogen-bond acceptors (Lipinski definition) is 3. The average molecular weight is 342 g/mol. The second-order valence-electron chi connectivity index (χ2n) is 4.88. The molecule has 112 valence electrons. The first-order chi connectivity index (χ1) is 9.69. The summed E-state index contributed by atoms with van der Waals surface area (Å²) in [4.78, 5) is 11.5. The van der Waals surface area contributed by atoms with Gasteiger partial charge in [0.2, 0.25) is 0 Å². The zero-order valence-corrected chi connectivity index (χ0v) is 14.0. The van der Waals surface area contributed by atoms with Gasteiger partial charge in [-0.15, -0.1) is 0 Å². The molecule has 3 nitrogen and oxygen atoms in total. The van der Waals surface area contributed by atoms with Gasteiger partial charge in [-0.25, -0.2) is 4.79 Å². The summed E-state index contributed by atoms with van der Waals surface area (Å²) in [6.07, 6.45) is 7.75. The van der Waals surface area contributed by atoms with Crippen LogP contribution in [0.3, 0.4) is 0 Å². The molecule has 0 saturated heterocycles. The zero-order chi connectivity index (χ0) is 14.8. The lowest BCUT2D eigenvalue weighted by molar-refractivity contribution is 0.0599. The van der Waals surface area contributed by atoms with E-state index in [-0.39, 0.29) is 5.97 Å². The maximum absolute atomic E-state index is 11.5. The minimum absolute atomic E-state index is 0.320. The number of ether oxygens (including phenoxy) is 1. The van der Waals surface area contributed by atoms with Gasteiger partial charge in [0.15, 0.2) is 0 Å². The van der Waals surface area contributed by atoms with Gasteiger partial charge in [0.25, 0.3) is 0 Å². The molecule has 1 rings (SSSR count). The second kappa shape index (κ2) is 9.81. The van der Waals surface area contributed by atoms with Crippen molar-refractivity contribution < 1.29 is 9.53 Å². The SMILES string of the molecule is CCCCCCCCNc1ccc(C(=O)OC)c(Br)c1. The minimum Gasteiger partial charge on any atom is -0.465 e. The Morgan fingerprint density at radius 1 is 1.20 bits per heavy atom. The molecular formula is C16H24BrNO2. The van der Waals surface area contributed by atoms with Crippen LogP contribution in [0.25, 0.3) is 0 Å². The second-order valence-corrected chi connectivity index (χ2v) is 5.74. The summed E-state index contributed by atoms with van der Waals surface area (Å²) in [5.74, 6) is -0.320. The number of esters is 1. The number of nitrogens with one attached hydrogen (secondary N) is 1. The fraction of sp³-hybridized carbons (Fsp3) is 0.562. The van der Waals surface area contributed by atoms with Gasteiger partial charge in [0, 0.05) is 16.7 Å². The number of halogens is 1. The van der Waals surface area contributed by atoms with Crippen LogP contribution in [0.1, 0.15) is 55.8 Å². The Morgan fingerprint density at radius 3 is 2.55 bits per heavy atom. The van der Waals surface area contributed by atoms with Gasteiger partial charge >= 0.3 is 5.97 Å². The Balaban J connectivity index is 2.31. The van der Waals surface area contributed by atoms with E-state index in [1.165, 1.54) is 45.6 Å². The van der Waals surface area contributed by atoms with Gasteiger partial charge in [0.1, 0.15) is 0 Å². The highest BCUT2D eigenvalue weighted by molar-refractivity contribution is 9.10. The van der Waals surface area contributed by atoms with Gasteiger partial charge in [-0.05, 0) is 40.5 Å². The minimum atomic E-state index is -0.320. The van der Waals surface area contributed by atoms with Crippen LogP contribution in [0.5, 0.6) is 0 Å². The van der Waals surface area contributed by atoms with Crippen molar-refractivity contribution >= 4 is 27.6 Å². The standard InChI is InChI=1S/C16H24BrNO2/c1-3-4-5-6-7-8-11-18-13-9-10-14(15(17)12-13)16(19)20-2/h9-10,12,18H,3-8,11H2,1-2H3. The largest absolute Gasteiger partial charge is 0.465 e. The Bertz CT molecular complexity index is 421. The molecule has 4 heteroatoms. The fourth-order valence-electron chi connectivity index (χ4n) is 2.04. The summed E-state index contributed by atoms with van der Waals surface area (Å²) < 4.78 is 5.47. The summed E-state index contributed by atoms with van der Waals surface area (Å²) in [6.45, 7) is 3.20. The smallest absolute Gasteiger partial charge is 0.339 e. The maximum Gasteiger partial charge on any atom is 0.339 e. The first kappa shape index (κ1) is 17.0. The van der Waals surface area contributed by atoms with Crippen molar-refractivity contribution in [1.82, 2.24) is 0 Å². The van der Waals surface area contributed by atoms with Crippen molar-refractivity contribution in [3.05, 3.63) is 28.2 Å². The molecule has 0 radical (unpaired) electrons. The molecule has 0 atom stereocenters. The van der Waals surface area contributed by atoms with Gasteiger partial charge in [-0.3, -0.25) is 0 Å². The van der Waals surface area contributed by atoms with Gasteiger partial charge < -0.3 is 10.1 Å². The van der Waals surface area contributed by atoms with Crippen LogP contribution >= 0.6 is 15.9 Å². The van der Waals surface area contributed by atoms with Crippen LogP contribution in [-0.2, 0) is 4.74 Å². The third kappa shape index (κ3) is 5.95. The molecule has 0 amide bonds. The molecule has 0 spiro atoms. The van der Waals surface area contributed by atoms with Crippen LogP contribution in [-0.4, -0.2) is 19.6 Å². The number of benzene rings is 1. The maximum atomic E-state index is 11.5. The molecule has 0 bridgehead atoms. The lowest BCUT2D eigenvalue weighted by atomic mass is 10.1. The normalized spacial score (nSPS) is 10.3. The highest BCUT2D eigenvalue weighted by Crippen LogP contribution is 2.22. The predicted octanol–water partition coefficient (Wildman–Crippen LogP) is 5.01. The van der Waals surface area contributed by atoms with Crippen molar-refractivity contribution in [2.75, 3.05) is 19.0 Å². The zero-order valence-electron chi connectivity index (χ0n) is 12.4. The van der Waals surface area contributed by atoms with Crippen LogP contribution in [0, 0.1) is 0 Å². The number of anilines is 1. The van der Waals surface area contributed by atoms with Crippen LogP contribution in [0.4, 0.5) is 5.69 Å². The van der Waals surface area contributed by atoms with Crippen LogP contribution in [0.15, 0.2) is 22.7 Å². The van der Waals surface area contributed by atoms with E-state index < -0.39 is 0 Å². The monoisotopic (exact) mass is 341 g/mol. The third-order valence-electron chi connectivity index (χ3n) is 3.23. The summed E-state index contributed by atoms with van der Waals surface area (Å²) in [5, 5.41) is 3.38. The van der Waals surface area contributed by atoms with Crippen molar-refractivity contribution in [2.45, 2.75) is 45.4 Å². The number of methoxy groups -OCH3 is 1. The molecule has 20 heavy (non-hydrogen) atoms. The van der Waals surface area contributed by atoms with Crippen molar-refractivity contribution in [1.29, 1.82) is 0 Å². The van der Waals surface area contributed by atoms with E-state index in [1.807, 2.05) is 12.1 Å². The highest BCUT2D eigenvalue weighted by Gasteiger charge is 2.10. The summed E-state index contributed by atoms with van der Waals surface area (Å²) >= 11 is 3.40. The lowest BCUT2D eigenvalue weighted by Crippen LogP contribution is -2.05. The number of rotatable bonds is 9. The Hall–Kier alpha value is -1.03. The number of carbonyl (C=O) groups excluding carboxylic acids is 1. The summed E-state index contributed by atoms with van der Waals surface area (Å²) in [5.41, 5.74) is 1.58. The number of unbranched alkanes of at least 4 members (excludes halogenated alkanes) is 5. The molecule has 1 aromatic carbocycles. The molecule has 0 aliphatic rings. The quantitative estimate of drug-likeness (QED) is 0.506. The van der Waals surface area contributed by atoms with E-state index in [9.17, 15) is 4.79 Å². The number of hydrogen-bond donors (Lipinski definition) is 1. The van der Waals surface area contributed by atoms with E-state index in [2.05, 4.69) is 28.2 Å². The summed E-state index contributed by atoms with van der Waals surface area (Å²) in [7, 11) is 1.39. The van der Waals surface area contributed by atoms with Crippen LogP contribution < -0.4 is 5.32 Å². The van der Waals surface area contributed by atoms with E-state index >= 15 is 0 Å².